The molecule has 0 radical (unpaired) electrons. The van der Waals surface area contributed by atoms with Crippen molar-refractivity contribution in [2.24, 2.45) is 11.8 Å². The zero-order valence-corrected chi connectivity index (χ0v) is 28.5. The minimum Gasteiger partial charge on any atom is -0.462 e. The van der Waals surface area contributed by atoms with E-state index < -0.39 is 50.8 Å². The molecule has 12 heteroatoms. The van der Waals surface area contributed by atoms with E-state index in [1.165, 1.54) is 19.3 Å². The van der Waals surface area contributed by atoms with Crippen LogP contribution in [0.4, 0.5) is 0 Å². The Morgan fingerprint density at radius 1 is 0.800 bits per heavy atom. The molecule has 0 saturated heterocycles. The van der Waals surface area contributed by atoms with Crippen LogP contribution in [-0.2, 0) is 28.2 Å². The monoisotopic (exact) mass is 664 g/mol. The highest BCUT2D eigenvalue weighted by Crippen LogP contribution is 2.37. The van der Waals surface area contributed by atoms with Gasteiger partial charge in [0.2, 0.25) is 0 Å². The summed E-state index contributed by atoms with van der Waals surface area (Å²) in [7, 11) is -4.80. The number of aliphatic hydroxyl groups is 3. The topological polar surface area (TPSA) is 180 Å². The van der Waals surface area contributed by atoms with E-state index in [1.807, 2.05) is 6.08 Å². The predicted octanol–water partition coefficient (Wildman–Crippen LogP) is 5.89. The molecule has 0 unspecified atom stereocenters. The summed E-state index contributed by atoms with van der Waals surface area (Å²) in [5.41, 5.74) is 0. The molecule has 1 rings (SSSR count). The third-order valence-corrected chi connectivity index (χ3v) is 8.87. The van der Waals surface area contributed by atoms with Crippen LogP contribution in [0.1, 0.15) is 136 Å². The molecule has 1 fully saturated rings. The van der Waals surface area contributed by atoms with Crippen LogP contribution in [-0.4, -0.2) is 74.7 Å². The van der Waals surface area contributed by atoms with E-state index in [4.69, 9.17) is 19.3 Å². The van der Waals surface area contributed by atoms with Crippen molar-refractivity contribution in [2.45, 2.75) is 160 Å². The number of unbranched alkanes of at least 4 members (excludes halogenated alkanes) is 11. The highest BCUT2D eigenvalue weighted by Gasteiger charge is 2.39. The second kappa shape index (κ2) is 24.8. The molecule has 0 heterocycles. The van der Waals surface area contributed by atoms with Crippen LogP contribution >= 0.6 is 7.82 Å². The molecule has 6 atom stereocenters. The number of rotatable bonds is 27. The summed E-state index contributed by atoms with van der Waals surface area (Å²) >= 11 is 0. The van der Waals surface area contributed by atoms with Crippen LogP contribution in [0.5, 0.6) is 0 Å². The maximum absolute atomic E-state index is 12.4. The fraction of sp³-hybridized carbons (Fsp3) is 0.879. The van der Waals surface area contributed by atoms with Crippen molar-refractivity contribution < 1.29 is 53.3 Å². The number of hydrogen-bond acceptors (Lipinski definition) is 9. The molecule has 0 aliphatic heterocycles. The number of esters is 2. The number of ether oxygens (including phenoxy) is 2. The molecule has 1 aliphatic rings. The van der Waals surface area contributed by atoms with E-state index >= 15 is 0 Å². The van der Waals surface area contributed by atoms with Crippen LogP contribution in [0.2, 0.25) is 0 Å². The average molecular weight is 665 g/mol. The third kappa shape index (κ3) is 21.2. The van der Waals surface area contributed by atoms with Gasteiger partial charge in [-0.2, -0.15) is 0 Å². The van der Waals surface area contributed by atoms with Gasteiger partial charge in [0.1, 0.15) is 6.61 Å². The smallest absolute Gasteiger partial charge is 0.462 e. The number of phosphoric acid groups is 1. The molecule has 0 aromatic carbocycles. The maximum atomic E-state index is 12.4. The first-order chi connectivity index (χ1) is 21.5. The van der Waals surface area contributed by atoms with E-state index in [0.717, 1.165) is 64.2 Å². The third-order valence-electron chi connectivity index (χ3n) is 8.38. The van der Waals surface area contributed by atoms with Gasteiger partial charge in [0.05, 0.1) is 24.9 Å². The van der Waals surface area contributed by atoms with Gasteiger partial charge in [-0.15, -0.1) is 0 Å². The number of phosphoric ester groups is 1. The van der Waals surface area contributed by atoms with Crippen LogP contribution in [0.15, 0.2) is 12.2 Å². The van der Waals surface area contributed by atoms with Crippen LogP contribution in [0, 0.1) is 11.8 Å². The zero-order valence-electron chi connectivity index (χ0n) is 27.6. The average Bonchev–Trinajstić information content (AvgIpc) is 3.25. The lowest BCUT2D eigenvalue weighted by molar-refractivity contribution is -0.161. The first-order valence-corrected chi connectivity index (χ1v) is 18.8. The first-order valence-electron chi connectivity index (χ1n) is 17.2. The lowest BCUT2D eigenvalue weighted by Crippen LogP contribution is -2.29. The Bertz CT molecular complexity index is 862. The van der Waals surface area contributed by atoms with Gasteiger partial charge >= 0.3 is 19.8 Å². The Labute approximate surface area is 270 Å². The molecular weight excluding hydrogens is 603 g/mol. The van der Waals surface area contributed by atoms with Crippen molar-refractivity contribution in [1.29, 1.82) is 0 Å². The zero-order chi connectivity index (χ0) is 33.5. The van der Waals surface area contributed by atoms with Crippen molar-refractivity contribution in [3.05, 3.63) is 12.2 Å². The Balaban J connectivity index is 2.38. The van der Waals surface area contributed by atoms with Gasteiger partial charge in [0, 0.05) is 25.2 Å². The molecule has 1 aliphatic carbocycles. The van der Waals surface area contributed by atoms with Gasteiger partial charge in [-0.1, -0.05) is 103 Å². The Morgan fingerprint density at radius 3 is 2.02 bits per heavy atom. The molecule has 1 saturated carbocycles. The summed E-state index contributed by atoms with van der Waals surface area (Å²) in [4.78, 5) is 42.6. The molecule has 11 nitrogen and oxygen atoms in total. The van der Waals surface area contributed by atoms with Crippen molar-refractivity contribution in [2.75, 3.05) is 13.2 Å². The molecule has 0 aromatic heterocycles. The molecule has 0 bridgehead atoms. The van der Waals surface area contributed by atoms with Crippen LogP contribution in [0.25, 0.3) is 0 Å². The van der Waals surface area contributed by atoms with Gasteiger partial charge in [-0.3, -0.25) is 14.1 Å². The highest BCUT2D eigenvalue weighted by molar-refractivity contribution is 7.46. The number of carbonyl (C=O) groups is 2. The minimum absolute atomic E-state index is 0.0877. The summed E-state index contributed by atoms with van der Waals surface area (Å²) in [6, 6.07) is 0. The SMILES string of the molecule is CCCCCCCCCC(=O)OC[C@H](COP(=O)(O)O)OC(=O)CCCCCC[C@@H]1[C@@H](/C=C/[C@@H](O)CCCCC)[C@H](O)C[C@@H]1O. The molecule has 5 N–H and O–H groups in total. The molecule has 0 amide bonds. The minimum atomic E-state index is -4.80. The lowest BCUT2D eigenvalue weighted by atomic mass is 9.88. The van der Waals surface area contributed by atoms with E-state index in [9.17, 15) is 29.5 Å². The fourth-order valence-electron chi connectivity index (χ4n) is 5.76. The van der Waals surface area contributed by atoms with E-state index in [-0.39, 0.29) is 31.3 Å². The van der Waals surface area contributed by atoms with Gasteiger partial charge in [0.25, 0.3) is 0 Å². The van der Waals surface area contributed by atoms with Crippen molar-refractivity contribution in [3.63, 3.8) is 0 Å². The second-order valence-electron chi connectivity index (χ2n) is 12.5. The standard InChI is InChI=1S/C33H61O11P/c1-3-5-7-8-9-10-15-19-32(37)42-24-27(25-43-45(39,40)41)44-33(38)20-16-12-11-14-18-28-29(31(36)23-30(28)35)22-21-26(34)17-13-6-4-2/h21-22,26-31,34-36H,3-20,23-25H2,1-2H3,(H2,39,40,41)/b22-21+/t26-,27+,28+,29+,30-,31+/m0/s1. The van der Waals surface area contributed by atoms with Gasteiger partial charge in [0.15, 0.2) is 6.10 Å². The molecule has 0 spiro atoms. The fourth-order valence-corrected chi connectivity index (χ4v) is 6.12. The maximum Gasteiger partial charge on any atom is 0.469 e. The van der Waals surface area contributed by atoms with E-state index in [1.54, 1.807) is 6.08 Å². The Kier molecular flexibility index (Phi) is 23.0. The predicted molar refractivity (Wildman–Crippen MR) is 172 cm³/mol. The van der Waals surface area contributed by atoms with E-state index in [0.29, 0.717) is 25.7 Å². The largest absolute Gasteiger partial charge is 0.469 e. The quantitative estimate of drug-likeness (QED) is 0.0306. The van der Waals surface area contributed by atoms with Crippen molar-refractivity contribution in [3.8, 4) is 0 Å². The summed E-state index contributed by atoms with van der Waals surface area (Å²) < 4.78 is 26.1. The van der Waals surface area contributed by atoms with Crippen molar-refractivity contribution >= 4 is 19.8 Å². The molecule has 45 heavy (non-hydrogen) atoms. The summed E-state index contributed by atoms with van der Waals surface area (Å²) in [6.45, 7) is 3.33. The van der Waals surface area contributed by atoms with Crippen molar-refractivity contribution in [1.82, 2.24) is 0 Å². The first kappa shape index (κ1) is 41.7. The number of carbonyl (C=O) groups excluding carboxylic acids is 2. The summed E-state index contributed by atoms with van der Waals surface area (Å²) in [6.07, 6.45) is 16.1. The van der Waals surface area contributed by atoms with Gasteiger partial charge in [-0.25, -0.2) is 4.57 Å². The number of hydrogen-bond donors (Lipinski definition) is 5. The summed E-state index contributed by atoms with van der Waals surface area (Å²) in [5, 5.41) is 31.1. The normalized spacial score (nSPS) is 21.7. The second-order valence-corrected chi connectivity index (χ2v) is 13.7. The molecule has 264 valence electrons. The lowest BCUT2D eigenvalue weighted by Gasteiger charge is -2.21. The Hall–Kier alpha value is -1.33. The highest BCUT2D eigenvalue weighted by atomic mass is 31.2. The van der Waals surface area contributed by atoms with Gasteiger partial charge in [-0.05, 0) is 31.6 Å². The number of aliphatic hydroxyl groups excluding tert-OH is 3. The Morgan fingerprint density at radius 2 is 1.38 bits per heavy atom. The van der Waals surface area contributed by atoms with Crippen LogP contribution < -0.4 is 0 Å². The molecular formula is C33H61O11P. The van der Waals surface area contributed by atoms with Crippen LogP contribution in [0.3, 0.4) is 0 Å². The van der Waals surface area contributed by atoms with Gasteiger partial charge < -0.3 is 34.6 Å². The van der Waals surface area contributed by atoms with E-state index in [2.05, 4.69) is 18.4 Å². The summed E-state index contributed by atoms with van der Waals surface area (Å²) in [5.74, 6) is -1.32. The molecule has 0 aromatic rings.